The largest absolute Gasteiger partial charge is 0.480 e. The lowest BCUT2D eigenvalue weighted by molar-refractivity contribution is -0.138. The number of halogens is 2. The summed E-state index contributed by atoms with van der Waals surface area (Å²) in [4.78, 5) is 10.7. The summed E-state index contributed by atoms with van der Waals surface area (Å²) in [5, 5.41) is 8.73. The molecule has 0 radical (unpaired) electrons. The Hall–Kier alpha value is -0.940. The van der Waals surface area contributed by atoms with Gasteiger partial charge in [-0.05, 0) is 45.5 Å². The van der Waals surface area contributed by atoms with E-state index in [-0.39, 0.29) is 18.2 Å². The van der Waals surface area contributed by atoms with Crippen LogP contribution in [0.5, 0.6) is 0 Å². The van der Waals surface area contributed by atoms with E-state index < -0.39 is 12.0 Å². The van der Waals surface area contributed by atoms with Gasteiger partial charge in [0.25, 0.3) is 0 Å². The Kier molecular flexibility index (Phi) is 4.65. The van der Waals surface area contributed by atoms with Crippen LogP contribution in [-0.4, -0.2) is 17.1 Å². The van der Waals surface area contributed by atoms with Gasteiger partial charge in [0.1, 0.15) is 11.9 Å². The Bertz CT molecular complexity index is 435. The first-order valence-electron chi connectivity index (χ1n) is 5.29. The maximum absolute atomic E-state index is 13.7. The van der Waals surface area contributed by atoms with E-state index in [0.717, 1.165) is 5.56 Å². The highest BCUT2D eigenvalue weighted by molar-refractivity contribution is 9.10. The molecule has 1 rings (SSSR count). The molecular weight excluding hydrogens is 289 g/mol. The molecule has 3 nitrogen and oxygen atoms in total. The summed E-state index contributed by atoms with van der Waals surface area (Å²) < 4.78 is 14.1. The Balaban J connectivity index is 3.06. The molecule has 5 heteroatoms. The molecule has 1 aromatic rings. The zero-order valence-electron chi connectivity index (χ0n) is 9.71. The lowest BCUT2D eigenvalue weighted by atomic mass is 9.97. The maximum atomic E-state index is 13.7. The molecular formula is C12H15BrFNO2. The van der Waals surface area contributed by atoms with Crippen LogP contribution in [0.1, 0.15) is 30.9 Å². The fourth-order valence-corrected chi connectivity index (χ4v) is 2.07. The molecule has 3 N–H and O–H groups in total. The zero-order valence-corrected chi connectivity index (χ0v) is 11.3. The minimum Gasteiger partial charge on any atom is -0.480 e. The topological polar surface area (TPSA) is 63.3 Å². The average molecular weight is 304 g/mol. The van der Waals surface area contributed by atoms with Gasteiger partial charge in [-0.15, -0.1) is 0 Å². The van der Waals surface area contributed by atoms with Gasteiger partial charge in [0.15, 0.2) is 0 Å². The maximum Gasteiger partial charge on any atom is 0.320 e. The number of hydrogen-bond acceptors (Lipinski definition) is 2. The van der Waals surface area contributed by atoms with Gasteiger partial charge >= 0.3 is 5.97 Å². The lowest BCUT2D eigenvalue weighted by Gasteiger charge is -2.13. The minimum atomic E-state index is -1.06. The molecule has 0 saturated carbocycles. The van der Waals surface area contributed by atoms with Crippen molar-refractivity contribution in [2.75, 3.05) is 0 Å². The van der Waals surface area contributed by atoms with Gasteiger partial charge in [0.2, 0.25) is 0 Å². The van der Waals surface area contributed by atoms with E-state index in [2.05, 4.69) is 15.9 Å². The van der Waals surface area contributed by atoms with Gasteiger partial charge in [-0.1, -0.05) is 19.9 Å². The Morgan fingerprint density at radius 3 is 2.59 bits per heavy atom. The summed E-state index contributed by atoms with van der Waals surface area (Å²) in [6, 6.07) is 2.28. The third kappa shape index (κ3) is 3.51. The van der Waals surface area contributed by atoms with Crippen LogP contribution < -0.4 is 5.73 Å². The van der Waals surface area contributed by atoms with Crippen LogP contribution in [0, 0.1) is 5.82 Å². The van der Waals surface area contributed by atoms with E-state index in [9.17, 15) is 9.18 Å². The van der Waals surface area contributed by atoms with E-state index >= 15 is 0 Å². The Morgan fingerprint density at radius 2 is 2.12 bits per heavy atom. The monoisotopic (exact) mass is 303 g/mol. The third-order valence-corrected chi connectivity index (χ3v) is 3.09. The quantitative estimate of drug-likeness (QED) is 0.899. The first-order chi connectivity index (χ1) is 7.82. The smallest absolute Gasteiger partial charge is 0.320 e. The number of aliphatic carboxylic acids is 1. The molecule has 1 aromatic carbocycles. The molecule has 0 saturated heterocycles. The number of carboxylic acids is 1. The highest BCUT2D eigenvalue weighted by Gasteiger charge is 2.16. The van der Waals surface area contributed by atoms with Gasteiger partial charge in [-0.2, -0.15) is 0 Å². The second-order valence-corrected chi connectivity index (χ2v) is 5.14. The summed E-state index contributed by atoms with van der Waals surface area (Å²) in [5.41, 5.74) is 6.74. The predicted molar refractivity (Wildman–Crippen MR) is 67.5 cm³/mol. The summed E-state index contributed by atoms with van der Waals surface area (Å²) >= 11 is 3.13. The second-order valence-electron chi connectivity index (χ2n) is 4.28. The molecule has 0 heterocycles. The molecule has 0 spiro atoms. The van der Waals surface area contributed by atoms with Gasteiger partial charge in [0, 0.05) is 0 Å². The Labute approximate surface area is 108 Å². The molecule has 0 amide bonds. The molecule has 0 aliphatic rings. The van der Waals surface area contributed by atoms with Crippen molar-refractivity contribution in [3.05, 3.63) is 33.5 Å². The fraction of sp³-hybridized carbons (Fsp3) is 0.417. The van der Waals surface area contributed by atoms with Gasteiger partial charge in [-0.25, -0.2) is 4.39 Å². The highest BCUT2D eigenvalue weighted by Crippen LogP contribution is 2.27. The highest BCUT2D eigenvalue weighted by atomic mass is 79.9. The zero-order chi connectivity index (χ0) is 13.2. The second kappa shape index (κ2) is 5.60. The number of carboxylic acid groups (broad SMARTS) is 1. The molecule has 1 unspecified atom stereocenters. The molecule has 1 atom stereocenters. The van der Waals surface area contributed by atoms with Crippen molar-refractivity contribution >= 4 is 21.9 Å². The normalized spacial score (nSPS) is 12.8. The number of hydrogen-bond donors (Lipinski definition) is 2. The van der Waals surface area contributed by atoms with E-state index in [1.54, 1.807) is 12.1 Å². The number of carbonyl (C=O) groups is 1. The SMILES string of the molecule is CC(C)c1cc(CC(N)C(=O)O)cc(Br)c1F. The van der Waals surface area contributed by atoms with Crippen LogP contribution in [0.4, 0.5) is 4.39 Å². The fourth-order valence-electron chi connectivity index (χ4n) is 1.55. The van der Waals surface area contributed by atoms with Gasteiger partial charge in [-0.3, -0.25) is 4.79 Å². The van der Waals surface area contributed by atoms with E-state index in [1.807, 2.05) is 13.8 Å². The van der Waals surface area contributed by atoms with Crippen molar-refractivity contribution in [1.29, 1.82) is 0 Å². The molecule has 0 bridgehead atoms. The first kappa shape index (κ1) is 14.1. The predicted octanol–water partition coefficient (Wildman–Crippen LogP) is 2.67. The molecule has 17 heavy (non-hydrogen) atoms. The van der Waals surface area contributed by atoms with Crippen molar-refractivity contribution in [2.45, 2.75) is 32.2 Å². The number of rotatable bonds is 4. The van der Waals surface area contributed by atoms with Crippen molar-refractivity contribution in [3.8, 4) is 0 Å². The standard InChI is InChI=1S/C12H15BrFNO2/c1-6(2)8-3-7(4-9(13)11(8)14)5-10(15)12(16)17/h3-4,6,10H,5,15H2,1-2H3,(H,16,17). The van der Waals surface area contributed by atoms with Crippen molar-refractivity contribution < 1.29 is 14.3 Å². The van der Waals surface area contributed by atoms with E-state index in [0.29, 0.717) is 10.0 Å². The summed E-state index contributed by atoms with van der Waals surface area (Å²) in [6.07, 6.45) is 0.188. The van der Waals surface area contributed by atoms with E-state index in [4.69, 9.17) is 10.8 Å². The summed E-state index contributed by atoms with van der Waals surface area (Å²) in [5.74, 6) is -1.32. The number of nitrogens with two attached hydrogens (primary N) is 1. The van der Waals surface area contributed by atoms with Crippen LogP contribution in [0.15, 0.2) is 16.6 Å². The molecule has 0 aromatic heterocycles. The summed E-state index contributed by atoms with van der Waals surface area (Å²) in [7, 11) is 0. The van der Waals surface area contributed by atoms with Gasteiger partial charge < -0.3 is 10.8 Å². The molecule has 94 valence electrons. The summed E-state index contributed by atoms with van der Waals surface area (Å²) in [6.45, 7) is 3.76. The molecule has 0 aliphatic carbocycles. The van der Waals surface area contributed by atoms with Crippen LogP contribution in [0.2, 0.25) is 0 Å². The number of benzene rings is 1. The van der Waals surface area contributed by atoms with Crippen molar-refractivity contribution in [1.82, 2.24) is 0 Å². The minimum absolute atomic E-state index is 0.0345. The molecule has 0 aliphatic heterocycles. The van der Waals surface area contributed by atoms with Crippen molar-refractivity contribution in [3.63, 3.8) is 0 Å². The van der Waals surface area contributed by atoms with Crippen LogP contribution in [0.25, 0.3) is 0 Å². The lowest BCUT2D eigenvalue weighted by Crippen LogP contribution is -2.32. The van der Waals surface area contributed by atoms with Crippen LogP contribution in [0.3, 0.4) is 0 Å². The van der Waals surface area contributed by atoms with Crippen LogP contribution in [-0.2, 0) is 11.2 Å². The van der Waals surface area contributed by atoms with Gasteiger partial charge in [0.05, 0.1) is 4.47 Å². The molecule has 0 fully saturated rings. The van der Waals surface area contributed by atoms with Crippen LogP contribution >= 0.6 is 15.9 Å². The third-order valence-electron chi connectivity index (χ3n) is 2.51. The first-order valence-corrected chi connectivity index (χ1v) is 6.08. The Morgan fingerprint density at radius 1 is 1.53 bits per heavy atom. The average Bonchev–Trinajstić information content (AvgIpc) is 2.22. The van der Waals surface area contributed by atoms with Crippen molar-refractivity contribution in [2.24, 2.45) is 5.73 Å². The van der Waals surface area contributed by atoms with E-state index in [1.165, 1.54) is 0 Å².